The molecule has 0 amide bonds. The average Bonchev–Trinajstić information content (AvgIpc) is 3.32. The van der Waals surface area contributed by atoms with Gasteiger partial charge in [0.25, 0.3) is 0 Å². The Hall–Kier alpha value is -3.40. The first kappa shape index (κ1) is 13.1. The van der Waals surface area contributed by atoms with E-state index >= 15 is 0 Å². The van der Waals surface area contributed by atoms with E-state index in [2.05, 4.69) is 4.98 Å². The molecule has 4 heteroatoms. The molecule has 0 radical (unpaired) electrons. The minimum absolute atomic E-state index is 0.731. The molecule has 0 fully saturated rings. The maximum Gasteiger partial charge on any atom is 0.131 e. The quantitative estimate of drug-likeness (QED) is 0.470. The first-order chi connectivity index (χ1) is 11.8. The molecule has 4 nitrogen and oxygen atoms in total. The topological polar surface area (TPSA) is 55.2 Å². The van der Waals surface area contributed by atoms with Crippen molar-refractivity contribution in [3.05, 3.63) is 93.1 Å². The van der Waals surface area contributed by atoms with Gasteiger partial charge in [-0.05, 0) is 48.5 Å². The summed E-state index contributed by atoms with van der Waals surface area (Å²) in [5.74, 6) is 3.04. The number of rotatable bonds is 0. The van der Waals surface area contributed by atoms with Gasteiger partial charge < -0.3 is 18.2 Å². The summed E-state index contributed by atoms with van der Waals surface area (Å²) in [7, 11) is 0. The normalized spacial score (nSPS) is 18.3. The van der Waals surface area contributed by atoms with E-state index in [0.29, 0.717) is 0 Å². The standard InChI is InChI=1S/C20H13NO3/c1-2-14-10-16-4-6-18(23-16)12-20-8-7-19(24-20)11-17-5-3-15(22-17)9-13(1)21-14/h1-12,21H/b13-9-,14-10-,15-9?,16-10?,17-11?,18-12?,19-11-,20-12-. The number of aromatic nitrogens is 1. The lowest BCUT2D eigenvalue weighted by Crippen LogP contribution is -2.09. The van der Waals surface area contributed by atoms with Crippen LogP contribution >= 0.6 is 0 Å². The fourth-order valence-corrected chi connectivity index (χ4v) is 2.76. The average molecular weight is 315 g/mol. The Morgan fingerprint density at radius 2 is 0.917 bits per heavy atom. The van der Waals surface area contributed by atoms with Crippen LogP contribution in [0.2, 0.25) is 0 Å². The molecule has 116 valence electrons. The molecule has 4 aromatic rings. The molecule has 1 N–H and O–H groups in total. The van der Waals surface area contributed by atoms with Crippen LogP contribution in [0.4, 0.5) is 0 Å². The van der Waals surface area contributed by atoms with Gasteiger partial charge >= 0.3 is 0 Å². The van der Waals surface area contributed by atoms with Gasteiger partial charge in [0.05, 0.1) is 0 Å². The number of hydrogen-bond donors (Lipinski definition) is 1. The number of hydrogen-bond acceptors (Lipinski definition) is 3. The fraction of sp³-hybridized carbons (Fsp3) is 0. The van der Waals surface area contributed by atoms with Crippen molar-refractivity contribution < 1.29 is 13.3 Å². The summed E-state index contributed by atoms with van der Waals surface area (Å²) in [6.07, 6.45) is 7.63. The highest BCUT2D eigenvalue weighted by Gasteiger charge is 2.01. The van der Waals surface area contributed by atoms with E-state index in [9.17, 15) is 0 Å². The second-order valence-electron chi connectivity index (χ2n) is 5.67. The Balaban J connectivity index is 1.79. The zero-order valence-corrected chi connectivity index (χ0v) is 12.7. The summed E-state index contributed by atoms with van der Waals surface area (Å²) in [6, 6.07) is 15.5. The molecule has 24 heavy (non-hydrogen) atoms. The van der Waals surface area contributed by atoms with Crippen molar-refractivity contribution in [1.29, 1.82) is 0 Å². The van der Waals surface area contributed by atoms with Gasteiger partial charge in [-0.2, -0.15) is 0 Å². The summed E-state index contributed by atoms with van der Waals surface area (Å²) in [4.78, 5) is 3.32. The highest BCUT2D eigenvalue weighted by atomic mass is 16.4. The third-order valence-corrected chi connectivity index (χ3v) is 3.84. The van der Waals surface area contributed by atoms with Crippen LogP contribution < -0.4 is 21.5 Å². The summed E-state index contributed by atoms with van der Waals surface area (Å²) in [5.41, 5.74) is 1.46. The predicted octanol–water partition coefficient (Wildman–Crippen LogP) is 1.42. The zero-order valence-electron chi connectivity index (χ0n) is 12.7. The van der Waals surface area contributed by atoms with Crippen molar-refractivity contribution in [2.24, 2.45) is 0 Å². The number of H-pyrrole nitrogens is 1. The van der Waals surface area contributed by atoms with Crippen LogP contribution in [0.25, 0.3) is 24.3 Å². The Morgan fingerprint density at radius 1 is 0.458 bits per heavy atom. The third-order valence-electron chi connectivity index (χ3n) is 3.84. The van der Waals surface area contributed by atoms with Crippen molar-refractivity contribution in [3.8, 4) is 0 Å². The number of fused-ring (bicyclic) bond motifs is 8. The second-order valence-corrected chi connectivity index (χ2v) is 5.67. The Labute approximate surface area is 136 Å². The lowest BCUT2D eigenvalue weighted by atomic mass is 10.3. The first-order valence-electron chi connectivity index (χ1n) is 7.68. The molecule has 4 aromatic heterocycles. The lowest BCUT2D eigenvalue weighted by Gasteiger charge is -1.87. The van der Waals surface area contributed by atoms with Crippen LogP contribution in [0.3, 0.4) is 0 Å². The molecule has 0 aliphatic carbocycles. The predicted molar refractivity (Wildman–Crippen MR) is 89.7 cm³/mol. The maximum atomic E-state index is 5.81. The zero-order chi connectivity index (χ0) is 15.9. The molecule has 0 aromatic carbocycles. The molecular weight excluding hydrogens is 302 g/mol. The Kier molecular flexibility index (Phi) is 2.76. The van der Waals surface area contributed by atoms with Crippen LogP contribution in [-0.2, 0) is 0 Å². The molecule has 1 aliphatic heterocycles. The smallest absolute Gasteiger partial charge is 0.131 e. The van der Waals surface area contributed by atoms with Crippen LogP contribution in [0.5, 0.6) is 0 Å². The van der Waals surface area contributed by atoms with E-state index in [0.717, 1.165) is 44.6 Å². The van der Waals surface area contributed by atoms with E-state index in [1.165, 1.54) is 0 Å². The Morgan fingerprint density at radius 3 is 1.42 bits per heavy atom. The summed E-state index contributed by atoms with van der Waals surface area (Å²) >= 11 is 0. The molecule has 0 spiro atoms. The van der Waals surface area contributed by atoms with Crippen molar-refractivity contribution in [2.45, 2.75) is 0 Å². The van der Waals surface area contributed by atoms with Gasteiger partial charge in [0.15, 0.2) is 0 Å². The monoisotopic (exact) mass is 315 g/mol. The second kappa shape index (κ2) is 5.06. The highest BCUT2D eigenvalue weighted by Crippen LogP contribution is 2.10. The van der Waals surface area contributed by atoms with Gasteiger partial charge in [-0.25, -0.2) is 0 Å². The van der Waals surface area contributed by atoms with Crippen molar-refractivity contribution in [3.63, 3.8) is 0 Å². The summed E-state index contributed by atoms with van der Waals surface area (Å²) < 4.78 is 17.4. The van der Waals surface area contributed by atoms with Crippen LogP contribution in [-0.4, -0.2) is 4.98 Å². The van der Waals surface area contributed by atoms with Gasteiger partial charge in [-0.3, -0.25) is 0 Å². The van der Waals surface area contributed by atoms with Gasteiger partial charge in [-0.15, -0.1) is 0 Å². The molecule has 0 unspecified atom stereocenters. The maximum absolute atomic E-state index is 5.81. The Bertz CT molecular complexity index is 1070. The minimum Gasteiger partial charge on any atom is -0.457 e. The van der Waals surface area contributed by atoms with E-state index in [4.69, 9.17) is 13.3 Å². The molecular formula is C20H13NO3. The number of furan rings is 3. The lowest BCUT2D eigenvalue weighted by molar-refractivity contribution is 0.493. The van der Waals surface area contributed by atoms with Gasteiger partial charge in [0.2, 0.25) is 0 Å². The highest BCUT2D eigenvalue weighted by molar-refractivity contribution is 5.51. The third kappa shape index (κ3) is 2.44. The molecule has 0 saturated heterocycles. The molecule has 5 heterocycles. The SMILES string of the molecule is C1=c2/cc/c([nH]2)=C/c2ccc(o2)/C=c2/cc/c(o2)=C/c2ccc/1o2. The van der Waals surface area contributed by atoms with Crippen molar-refractivity contribution in [1.82, 2.24) is 4.98 Å². The van der Waals surface area contributed by atoms with E-state index < -0.39 is 0 Å². The van der Waals surface area contributed by atoms with E-state index in [-0.39, 0.29) is 0 Å². The van der Waals surface area contributed by atoms with Crippen LogP contribution in [0, 0.1) is 0 Å². The molecule has 5 rings (SSSR count). The summed E-state index contributed by atoms with van der Waals surface area (Å²) in [5, 5.41) is 1.93. The van der Waals surface area contributed by atoms with Crippen LogP contribution in [0.15, 0.2) is 61.8 Å². The van der Waals surface area contributed by atoms with Gasteiger partial charge in [-0.1, -0.05) is 0 Å². The van der Waals surface area contributed by atoms with Crippen molar-refractivity contribution >= 4 is 24.3 Å². The first-order valence-corrected chi connectivity index (χ1v) is 7.68. The van der Waals surface area contributed by atoms with Gasteiger partial charge in [0, 0.05) is 35.0 Å². The van der Waals surface area contributed by atoms with E-state index in [1.54, 1.807) is 0 Å². The molecule has 0 saturated carbocycles. The number of aromatic amines is 1. The van der Waals surface area contributed by atoms with Crippen molar-refractivity contribution in [2.75, 3.05) is 0 Å². The van der Waals surface area contributed by atoms with Crippen LogP contribution in [0.1, 0.15) is 23.0 Å². The largest absolute Gasteiger partial charge is 0.457 e. The molecule has 1 aliphatic rings. The van der Waals surface area contributed by atoms with Gasteiger partial charge in [0.1, 0.15) is 33.9 Å². The summed E-state index contributed by atoms with van der Waals surface area (Å²) in [6.45, 7) is 0. The minimum atomic E-state index is 0.731. The fourth-order valence-electron chi connectivity index (χ4n) is 2.76. The number of nitrogens with one attached hydrogen (secondary N) is 1. The van der Waals surface area contributed by atoms with E-state index in [1.807, 2.05) is 72.8 Å². The molecule has 0 atom stereocenters. The molecule has 8 bridgehead atoms.